The lowest BCUT2D eigenvalue weighted by Gasteiger charge is -2.39. The van der Waals surface area contributed by atoms with E-state index in [1.54, 1.807) is 36.0 Å². The third-order valence-electron chi connectivity index (χ3n) is 7.63. The van der Waals surface area contributed by atoms with Gasteiger partial charge in [0.15, 0.2) is 0 Å². The van der Waals surface area contributed by atoms with Crippen LogP contribution in [-0.2, 0) is 11.2 Å². The first kappa shape index (κ1) is 28.5. The van der Waals surface area contributed by atoms with Gasteiger partial charge in [-0.2, -0.15) is 16.9 Å². The lowest BCUT2D eigenvalue weighted by molar-refractivity contribution is -0.133. The molecule has 1 aliphatic heterocycles. The topological polar surface area (TPSA) is 95.2 Å². The smallest absolute Gasteiger partial charge is 0.267 e. The van der Waals surface area contributed by atoms with Crippen LogP contribution in [0.25, 0.3) is 0 Å². The average molecular weight is 551 g/mol. The Balaban J connectivity index is 1.48. The van der Waals surface area contributed by atoms with Crippen molar-refractivity contribution in [1.29, 1.82) is 0 Å². The number of aromatic amines is 1. The molecule has 7 nitrogen and oxygen atoms in total. The molecule has 0 aliphatic carbocycles. The summed E-state index contributed by atoms with van der Waals surface area (Å²) in [5, 5.41) is 9.20. The number of aromatic nitrogens is 2. The molecule has 0 radical (unpaired) electrons. The van der Waals surface area contributed by atoms with Crippen LogP contribution in [-0.4, -0.2) is 50.5 Å². The molecule has 1 aromatic heterocycles. The second-order valence-corrected chi connectivity index (χ2v) is 12.1. The zero-order valence-corrected chi connectivity index (χ0v) is 23.8. The number of likely N-dealkylation sites (tertiary alicyclic amines) is 1. The van der Waals surface area contributed by atoms with Crippen LogP contribution < -0.4 is 10.9 Å². The number of amides is 2. The van der Waals surface area contributed by atoms with E-state index in [2.05, 4.69) is 29.4 Å². The zero-order chi connectivity index (χ0) is 28.3. The Morgan fingerprint density at radius 2 is 1.90 bits per heavy atom. The molecule has 1 saturated heterocycles. The molecular weight excluding hydrogens is 515 g/mol. The van der Waals surface area contributed by atoms with Crippen molar-refractivity contribution in [1.82, 2.24) is 20.4 Å². The molecule has 0 bridgehead atoms. The van der Waals surface area contributed by atoms with Crippen molar-refractivity contribution >= 4 is 23.6 Å². The number of carbonyl (C=O) groups excluding carboxylic acids is 2. The van der Waals surface area contributed by atoms with Crippen LogP contribution in [0.5, 0.6) is 0 Å². The fourth-order valence-electron chi connectivity index (χ4n) is 5.30. The summed E-state index contributed by atoms with van der Waals surface area (Å²) < 4.78 is 13.8. The molecule has 39 heavy (non-hydrogen) atoms. The molecule has 2 aromatic carbocycles. The van der Waals surface area contributed by atoms with Gasteiger partial charge < -0.3 is 10.2 Å². The Bertz CT molecular complexity index is 1440. The number of thioether (sulfide) groups is 1. The zero-order valence-electron chi connectivity index (χ0n) is 23.0. The molecule has 2 atom stereocenters. The Hall–Kier alpha value is -3.46. The van der Waals surface area contributed by atoms with Gasteiger partial charge in [0.1, 0.15) is 5.82 Å². The molecule has 9 heteroatoms. The number of benzene rings is 2. The van der Waals surface area contributed by atoms with Gasteiger partial charge in [-0.25, -0.2) is 9.49 Å². The van der Waals surface area contributed by atoms with Gasteiger partial charge in [-0.3, -0.25) is 14.4 Å². The number of carbonyl (C=O) groups is 2. The number of nitrogens with zero attached hydrogens (tertiary/aromatic N) is 2. The minimum atomic E-state index is -0.349. The van der Waals surface area contributed by atoms with Gasteiger partial charge in [-0.05, 0) is 93.8 Å². The second kappa shape index (κ2) is 11.7. The highest BCUT2D eigenvalue weighted by Crippen LogP contribution is 2.44. The van der Waals surface area contributed by atoms with Crippen LogP contribution in [0.1, 0.15) is 71.0 Å². The van der Waals surface area contributed by atoms with E-state index in [-0.39, 0.29) is 46.6 Å². The lowest BCUT2D eigenvalue weighted by Crippen LogP contribution is -2.50. The highest BCUT2D eigenvalue weighted by molar-refractivity contribution is 8.00. The first-order valence-corrected chi connectivity index (χ1v) is 14.3. The first-order chi connectivity index (χ1) is 18.5. The van der Waals surface area contributed by atoms with Crippen molar-refractivity contribution in [3.63, 3.8) is 0 Å². The van der Waals surface area contributed by atoms with E-state index < -0.39 is 0 Å². The van der Waals surface area contributed by atoms with Gasteiger partial charge in [-0.1, -0.05) is 18.2 Å². The summed E-state index contributed by atoms with van der Waals surface area (Å²) in [6.07, 6.45) is 3.99. The molecule has 2 N–H and O–H groups in total. The van der Waals surface area contributed by atoms with E-state index in [0.717, 1.165) is 35.2 Å². The number of halogens is 1. The Labute approximate surface area is 232 Å². The SMILES string of the molecule is CSC(C)(C)[C@H]1CC[C@@H](c2cccc(F)c2)N1C(=O)CNC(=O)c1ccc(Cc2cc(C)n[nH]c2=O)c(C)c1. The van der Waals surface area contributed by atoms with E-state index >= 15 is 0 Å². The number of aryl methyl sites for hydroxylation is 2. The third kappa shape index (κ3) is 6.41. The van der Waals surface area contributed by atoms with Gasteiger partial charge in [0, 0.05) is 28.3 Å². The number of rotatable bonds is 8. The summed E-state index contributed by atoms with van der Waals surface area (Å²) in [5.74, 6) is -0.871. The van der Waals surface area contributed by atoms with Crippen molar-refractivity contribution in [2.24, 2.45) is 0 Å². The Morgan fingerprint density at radius 3 is 2.59 bits per heavy atom. The molecule has 1 aliphatic rings. The summed E-state index contributed by atoms with van der Waals surface area (Å²) in [6.45, 7) is 7.77. The third-order valence-corrected chi connectivity index (χ3v) is 8.95. The molecule has 0 spiro atoms. The van der Waals surface area contributed by atoms with Crippen LogP contribution in [0, 0.1) is 19.7 Å². The first-order valence-electron chi connectivity index (χ1n) is 13.0. The van der Waals surface area contributed by atoms with Gasteiger partial charge in [0.25, 0.3) is 11.5 Å². The number of hydrogen-bond acceptors (Lipinski definition) is 5. The molecule has 206 valence electrons. The van der Waals surface area contributed by atoms with Crippen molar-refractivity contribution in [3.05, 3.63) is 98.2 Å². The molecule has 4 rings (SSSR count). The molecule has 3 aromatic rings. The van der Waals surface area contributed by atoms with E-state index in [4.69, 9.17) is 0 Å². The number of H-pyrrole nitrogens is 1. The fraction of sp³-hybridized carbons (Fsp3) is 0.400. The number of nitrogens with one attached hydrogen (secondary N) is 2. The van der Waals surface area contributed by atoms with Crippen molar-refractivity contribution in [2.75, 3.05) is 12.8 Å². The number of hydrogen-bond donors (Lipinski definition) is 2. The summed E-state index contributed by atoms with van der Waals surface area (Å²) in [6, 6.07) is 13.2. The van der Waals surface area contributed by atoms with Crippen LogP contribution in [0.15, 0.2) is 53.3 Å². The summed E-state index contributed by atoms with van der Waals surface area (Å²) >= 11 is 1.69. The molecule has 1 fully saturated rings. The van der Waals surface area contributed by atoms with Crippen molar-refractivity contribution < 1.29 is 14.0 Å². The fourth-order valence-corrected chi connectivity index (χ4v) is 5.80. The van der Waals surface area contributed by atoms with Crippen LogP contribution in [0.2, 0.25) is 0 Å². The van der Waals surface area contributed by atoms with Crippen LogP contribution in [0.3, 0.4) is 0 Å². The van der Waals surface area contributed by atoms with Gasteiger partial charge in [0.2, 0.25) is 5.91 Å². The predicted molar refractivity (Wildman–Crippen MR) is 153 cm³/mol. The maximum atomic E-state index is 14.0. The van der Waals surface area contributed by atoms with E-state index in [9.17, 15) is 18.8 Å². The van der Waals surface area contributed by atoms with Crippen molar-refractivity contribution in [2.45, 2.75) is 63.8 Å². The highest BCUT2D eigenvalue weighted by Gasteiger charge is 2.44. The minimum absolute atomic E-state index is 0.0494. The van der Waals surface area contributed by atoms with Crippen molar-refractivity contribution in [3.8, 4) is 0 Å². The lowest BCUT2D eigenvalue weighted by atomic mass is 9.99. The van der Waals surface area contributed by atoms with E-state index in [0.29, 0.717) is 17.5 Å². The quantitative estimate of drug-likeness (QED) is 0.423. The molecule has 0 unspecified atom stereocenters. The average Bonchev–Trinajstić information content (AvgIpc) is 3.37. The normalized spacial score (nSPS) is 17.3. The minimum Gasteiger partial charge on any atom is -0.343 e. The highest BCUT2D eigenvalue weighted by atomic mass is 32.2. The molecular formula is C30H35FN4O3S. The molecule has 2 heterocycles. The Kier molecular flexibility index (Phi) is 8.59. The predicted octanol–water partition coefficient (Wildman–Crippen LogP) is 4.72. The second-order valence-electron chi connectivity index (χ2n) is 10.6. The Morgan fingerprint density at radius 1 is 1.13 bits per heavy atom. The summed E-state index contributed by atoms with van der Waals surface area (Å²) in [7, 11) is 0. The summed E-state index contributed by atoms with van der Waals surface area (Å²) in [4.78, 5) is 40.6. The molecule has 2 amide bonds. The van der Waals surface area contributed by atoms with Crippen LogP contribution in [0.4, 0.5) is 4.39 Å². The van der Waals surface area contributed by atoms with Gasteiger partial charge in [-0.15, -0.1) is 0 Å². The largest absolute Gasteiger partial charge is 0.343 e. The van der Waals surface area contributed by atoms with Gasteiger partial charge in [0.05, 0.1) is 18.3 Å². The van der Waals surface area contributed by atoms with Gasteiger partial charge >= 0.3 is 0 Å². The van der Waals surface area contributed by atoms with E-state index in [1.807, 2.05) is 37.1 Å². The summed E-state index contributed by atoms with van der Waals surface area (Å²) in [5.41, 5.74) is 4.10. The maximum absolute atomic E-state index is 14.0. The molecule has 0 saturated carbocycles. The van der Waals surface area contributed by atoms with Crippen LogP contribution >= 0.6 is 11.8 Å². The monoisotopic (exact) mass is 550 g/mol. The van der Waals surface area contributed by atoms with E-state index in [1.165, 1.54) is 12.1 Å². The standard InChI is InChI=1S/C30H35FN4O3S/c1-18-13-22(10-9-20(18)15-23-14-19(2)33-34-29(23)38)28(37)32-17-27(36)35-25(21-7-6-8-24(31)16-21)11-12-26(35)30(3,4)39-5/h6-10,13-14,16,25-26H,11-12,15,17H2,1-5H3,(H,32,37)(H,34,38)/t25-,26+/m0/s1. The maximum Gasteiger partial charge on any atom is 0.267 e.